The predicted octanol–water partition coefficient (Wildman–Crippen LogP) is 10.5. The zero-order valence-electron chi connectivity index (χ0n) is 59.4. The Morgan fingerprint density at radius 3 is 1.09 bits per heavy atom. The van der Waals surface area contributed by atoms with Crippen LogP contribution in [0.15, 0.2) is 121 Å². The summed E-state index contributed by atoms with van der Waals surface area (Å²) < 4.78 is 34.1. The summed E-state index contributed by atoms with van der Waals surface area (Å²) in [4.78, 5) is 103. The highest BCUT2D eigenvalue weighted by atomic mass is 16.6. The normalized spacial score (nSPS) is 16.0. The average molecular weight is 1360 g/mol. The number of phenolic OH excluding ortho intramolecular Hbond substituents is 2. The van der Waals surface area contributed by atoms with Crippen molar-refractivity contribution in [1.29, 1.82) is 0 Å². The number of fused-ring (bicyclic) bond motifs is 12. The van der Waals surface area contributed by atoms with Gasteiger partial charge in [0.2, 0.25) is 0 Å². The maximum Gasteiger partial charge on any atom is 0.340 e. The van der Waals surface area contributed by atoms with E-state index in [0.29, 0.717) is 116 Å². The molecule has 0 saturated carbocycles. The number of phenols is 2. The van der Waals surface area contributed by atoms with Crippen LogP contribution in [0.25, 0.3) is 0 Å². The van der Waals surface area contributed by atoms with Gasteiger partial charge in [0, 0.05) is 166 Å². The molecule has 0 aromatic heterocycles. The minimum Gasteiger partial charge on any atom is -0.508 e. The van der Waals surface area contributed by atoms with Crippen molar-refractivity contribution in [1.82, 2.24) is 19.6 Å². The molecule has 23 heteroatoms. The van der Waals surface area contributed by atoms with Gasteiger partial charge in [0.05, 0.1) is 24.2 Å². The summed E-state index contributed by atoms with van der Waals surface area (Å²) in [5, 5.41) is 28.9. The van der Waals surface area contributed by atoms with Gasteiger partial charge in [-0.15, -0.1) is 0 Å². The lowest BCUT2D eigenvalue weighted by Gasteiger charge is -2.37. The molecule has 0 unspecified atom stereocenters. The van der Waals surface area contributed by atoms with Crippen LogP contribution in [0.1, 0.15) is 130 Å². The summed E-state index contributed by atoms with van der Waals surface area (Å²) in [6.45, 7) is 25.7. The van der Waals surface area contributed by atoms with Gasteiger partial charge in [-0.2, -0.15) is 0 Å². The SMILES string of the molecule is CC(=O)C(C)(C)C.CC(=O)C(C)(C)C.CC(C)(C)C(=O)CN1CCN(COC=O)CCN(COC=O)CCN(CC(=O)O)CC1.CN(C)c1ccc2c(c1)Oc1cc(N(C)C)ccc1C21OC(=O)c2ccccc21.O=C1OC2(c3ccc(O)cc3Oc3cc(O)ccc32)c2ccccc21. The van der Waals surface area contributed by atoms with Gasteiger partial charge in [0.25, 0.3) is 12.9 Å². The Morgan fingerprint density at radius 2 is 0.778 bits per heavy atom. The minimum atomic E-state index is -1.17. The molecular formula is C76H94N6O17. The number of hydrogen-bond acceptors (Lipinski definition) is 22. The van der Waals surface area contributed by atoms with Crippen molar-refractivity contribution in [3.63, 3.8) is 0 Å². The molecule has 6 aromatic carbocycles. The summed E-state index contributed by atoms with van der Waals surface area (Å²) in [5.74, 6) is 1.17. The van der Waals surface area contributed by atoms with Crippen LogP contribution >= 0.6 is 0 Å². The number of anilines is 2. The standard InChI is InChI=1S/C24H22N2O3.C20H36N4O7.C20H12O5.2C6H12O/c1-25(2)15-9-11-19-21(13-15)28-22-14-16(26(3)4)10-12-20(22)24(19)18-8-6-5-7-17(18)23(27)29-24;1-20(2,3)18(27)12-21-4-5-22(13-19(28)29)7-9-24(15-31-17-26)11-10-23(8-6-21)14-30-16-25;21-11-5-7-15-17(9-11)24-18-10-12(22)6-8-16(18)20(15)14-4-2-1-3-13(14)19(23)25-20;2*1-5(7)6(2,3)4/h5-14H,1-4H3;16-17H,4-15H2,1-3H3,(H,28,29);1-10,21-22H;2*1-4H3. The molecule has 6 aromatic rings. The molecule has 11 rings (SSSR count). The number of ketones is 3. The Balaban J connectivity index is 0.000000190. The van der Waals surface area contributed by atoms with E-state index < -0.39 is 28.6 Å². The number of nitrogens with zero attached hydrogens (tertiary/aromatic N) is 6. The van der Waals surface area contributed by atoms with Crippen LogP contribution in [0.4, 0.5) is 11.4 Å². The Bertz CT molecular complexity index is 3790. The van der Waals surface area contributed by atoms with Crippen molar-refractivity contribution in [3.05, 3.63) is 166 Å². The van der Waals surface area contributed by atoms with E-state index in [1.165, 1.54) is 24.3 Å². The number of carboxylic acids is 1. The van der Waals surface area contributed by atoms with E-state index in [-0.39, 0.29) is 72.2 Å². The third kappa shape index (κ3) is 18.6. The smallest absolute Gasteiger partial charge is 0.340 e. The van der Waals surface area contributed by atoms with E-state index >= 15 is 0 Å². The summed E-state index contributed by atoms with van der Waals surface area (Å²) in [5.41, 5.74) is 4.69. The third-order valence-electron chi connectivity index (χ3n) is 17.6. The Morgan fingerprint density at radius 1 is 0.465 bits per heavy atom. The molecule has 0 bridgehead atoms. The molecule has 0 amide bonds. The monoisotopic (exact) mass is 1360 g/mol. The molecule has 0 radical (unpaired) electrons. The van der Waals surface area contributed by atoms with E-state index in [1.54, 1.807) is 38.1 Å². The number of aromatic hydroxyl groups is 2. The first-order valence-electron chi connectivity index (χ1n) is 32.6. The molecule has 0 aliphatic carbocycles. The largest absolute Gasteiger partial charge is 0.508 e. The number of carboxylic acid groups (broad SMARTS) is 1. The molecule has 1 saturated heterocycles. The maximum absolute atomic E-state index is 12.8. The summed E-state index contributed by atoms with van der Waals surface area (Å²) >= 11 is 0. The number of carbonyl (C=O) groups excluding carboxylic acids is 7. The molecule has 3 N–H and O–H groups in total. The second-order valence-electron chi connectivity index (χ2n) is 28.2. The summed E-state index contributed by atoms with van der Waals surface area (Å²) in [6, 6.07) is 36.2. The van der Waals surface area contributed by atoms with E-state index in [0.717, 1.165) is 28.1 Å². The number of esters is 2. The minimum absolute atomic E-state index is 0.0371. The van der Waals surface area contributed by atoms with Crippen LogP contribution in [0, 0.1) is 16.2 Å². The van der Waals surface area contributed by atoms with Crippen LogP contribution in [0.5, 0.6) is 34.5 Å². The molecule has 5 aliphatic rings. The fourth-order valence-corrected chi connectivity index (χ4v) is 10.9. The third-order valence-corrected chi connectivity index (χ3v) is 17.6. The van der Waals surface area contributed by atoms with Crippen molar-refractivity contribution in [3.8, 4) is 34.5 Å². The first-order valence-corrected chi connectivity index (χ1v) is 32.6. The number of Topliss-reactive ketones (excluding diaryl/α,β-unsaturated/α-hetero) is 3. The van der Waals surface area contributed by atoms with Crippen molar-refractivity contribution in [2.75, 3.05) is 117 Å². The van der Waals surface area contributed by atoms with Gasteiger partial charge in [-0.3, -0.25) is 48.4 Å². The Hall–Kier alpha value is -9.68. The van der Waals surface area contributed by atoms with Crippen LogP contribution in [-0.2, 0) is 58.9 Å². The van der Waals surface area contributed by atoms with Gasteiger partial charge < -0.3 is 53.5 Å². The number of aliphatic carboxylic acids is 1. The number of hydrogen-bond donors (Lipinski definition) is 3. The van der Waals surface area contributed by atoms with Gasteiger partial charge in [0.15, 0.2) is 17.0 Å². The highest BCUT2D eigenvalue weighted by molar-refractivity contribution is 5.98. The molecule has 23 nitrogen and oxygen atoms in total. The highest BCUT2D eigenvalue weighted by Crippen LogP contribution is 2.59. The fraction of sp³-hybridized carbons (Fsp3) is 0.421. The number of benzene rings is 6. The molecule has 2 spiro atoms. The van der Waals surface area contributed by atoms with Crippen molar-refractivity contribution in [2.24, 2.45) is 16.2 Å². The van der Waals surface area contributed by atoms with E-state index in [4.69, 9.17) is 28.4 Å². The topological polar surface area (TPSA) is 272 Å². The van der Waals surface area contributed by atoms with Gasteiger partial charge in [0.1, 0.15) is 59.5 Å². The molecule has 5 aliphatic heterocycles. The fourth-order valence-electron chi connectivity index (χ4n) is 10.9. The molecule has 1 fully saturated rings. The van der Waals surface area contributed by atoms with Crippen LogP contribution in [0.2, 0.25) is 0 Å². The van der Waals surface area contributed by atoms with Crippen LogP contribution in [-0.4, -0.2) is 190 Å². The lowest BCUT2D eigenvalue weighted by atomic mass is 9.77. The van der Waals surface area contributed by atoms with E-state index in [2.05, 4.69) is 0 Å². The molecular weight excluding hydrogens is 1270 g/mol. The zero-order valence-corrected chi connectivity index (χ0v) is 59.4. The Labute approximate surface area is 579 Å². The lowest BCUT2D eigenvalue weighted by molar-refractivity contribution is -0.139. The van der Waals surface area contributed by atoms with Crippen LogP contribution < -0.4 is 19.3 Å². The van der Waals surface area contributed by atoms with Gasteiger partial charge >= 0.3 is 17.9 Å². The second-order valence-corrected chi connectivity index (χ2v) is 28.2. The number of carbonyl (C=O) groups is 8. The highest BCUT2D eigenvalue weighted by Gasteiger charge is 2.55. The molecule has 99 heavy (non-hydrogen) atoms. The van der Waals surface area contributed by atoms with Crippen LogP contribution in [0.3, 0.4) is 0 Å². The first-order chi connectivity index (χ1) is 46.5. The number of rotatable bonds is 12. The molecule has 0 atom stereocenters. The zero-order chi connectivity index (χ0) is 73.0. The average Bonchev–Trinajstić information content (AvgIpc) is 1.62. The second kappa shape index (κ2) is 32.3. The molecule has 5 heterocycles. The first kappa shape index (κ1) is 76.7. The van der Waals surface area contributed by atoms with Gasteiger partial charge in [-0.05, 0) is 74.5 Å². The maximum atomic E-state index is 12.8. The van der Waals surface area contributed by atoms with Crippen molar-refractivity contribution < 1.29 is 82.1 Å². The Kier molecular flexibility index (Phi) is 25.0. The van der Waals surface area contributed by atoms with Crippen molar-refractivity contribution >= 4 is 59.6 Å². The molecule has 530 valence electrons. The van der Waals surface area contributed by atoms with E-state index in [9.17, 15) is 53.7 Å². The quantitative estimate of drug-likeness (QED) is 0.0583. The summed E-state index contributed by atoms with van der Waals surface area (Å²) in [7, 11) is 7.96. The lowest BCUT2D eigenvalue weighted by Crippen LogP contribution is -2.49. The van der Waals surface area contributed by atoms with Crippen molar-refractivity contribution in [2.45, 2.75) is 87.4 Å². The van der Waals surface area contributed by atoms with Gasteiger partial charge in [-0.1, -0.05) is 98.7 Å². The van der Waals surface area contributed by atoms with Gasteiger partial charge in [-0.25, -0.2) is 9.59 Å². The summed E-state index contributed by atoms with van der Waals surface area (Å²) in [6.07, 6.45) is 0. The predicted molar refractivity (Wildman–Crippen MR) is 374 cm³/mol. The van der Waals surface area contributed by atoms with E-state index in [1.807, 2.05) is 193 Å². The number of ether oxygens (including phenoxy) is 6.